The fourth-order valence-corrected chi connectivity index (χ4v) is 4.07. The van der Waals surface area contributed by atoms with Crippen LogP contribution in [0.1, 0.15) is 125 Å². The summed E-state index contributed by atoms with van der Waals surface area (Å²) in [4.78, 5) is 24.3. The molecule has 10 heteroatoms. The molecule has 0 spiro atoms. The molecule has 38 heavy (non-hydrogen) atoms. The highest BCUT2D eigenvalue weighted by Gasteiger charge is 2.30. The Bertz CT molecular complexity index is 789. The van der Waals surface area contributed by atoms with Crippen molar-refractivity contribution in [3.63, 3.8) is 0 Å². The van der Waals surface area contributed by atoms with Crippen LogP contribution in [0.3, 0.4) is 0 Å². The van der Waals surface area contributed by atoms with Crippen LogP contribution in [-0.4, -0.2) is 60.5 Å². The first-order valence-corrected chi connectivity index (χ1v) is 13.4. The van der Waals surface area contributed by atoms with Crippen molar-refractivity contribution >= 4 is 11.9 Å². The Hall–Kier alpha value is -2.08. The molecule has 1 rings (SSSR count). The second-order valence-electron chi connectivity index (χ2n) is 9.15. The normalized spacial score (nSPS) is 16.4. The van der Waals surface area contributed by atoms with Gasteiger partial charge in [-0.2, -0.15) is 0 Å². The molecule has 1 aromatic carbocycles. The van der Waals surface area contributed by atoms with Gasteiger partial charge >= 0.3 is 11.9 Å². The van der Waals surface area contributed by atoms with Gasteiger partial charge in [0.05, 0.1) is 23.3 Å². The predicted molar refractivity (Wildman–Crippen MR) is 141 cm³/mol. The first-order chi connectivity index (χ1) is 17.9. The Labute approximate surface area is 226 Å². The molecule has 0 heterocycles. The zero-order valence-electron chi connectivity index (χ0n) is 24.0. The Balaban J connectivity index is 3.20. The molecule has 0 aliphatic heterocycles. The minimum atomic E-state index is -1.21. The molecule has 0 aliphatic rings. The number of unbranched alkanes of at least 4 members (excludes halogenated alkanes) is 2. The minimum absolute atomic E-state index is 0.0859. The molecule has 218 valence electrons. The van der Waals surface area contributed by atoms with Gasteiger partial charge in [-0.05, 0) is 66.5 Å². The number of carbonyl (C=O) groups is 2. The lowest BCUT2D eigenvalue weighted by molar-refractivity contribution is -0.247. The molecular formula is C28H46O10. The van der Waals surface area contributed by atoms with Crippen LogP contribution in [0.5, 0.6) is 0 Å². The summed E-state index contributed by atoms with van der Waals surface area (Å²) in [5.74, 6) is -2.43. The van der Waals surface area contributed by atoms with Gasteiger partial charge in [0.15, 0.2) is 25.2 Å². The first-order valence-electron chi connectivity index (χ1n) is 13.4. The molecular weight excluding hydrogens is 496 g/mol. The van der Waals surface area contributed by atoms with Crippen LogP contribution in [0.15, 0.2) is 12.1 Å². The van der Waals surface area contributed by atoms with E-state index < -0.39 is 49.3 Å². The van der Waals surface area contributed by atoms with E-state index in [0.29, 0.717) is 13.2 Å². The van der Waals surface area contributed by atoms with Crippen molar-refractivity contribution in [2.24, 2.45) is 0 Å². The van der Waals surface area contributed by atoms with Gasteiger partial charge in [0, 0.05) is 24.3 Å². The zero-order chi connectivity index (χ0) is 28.8. The van der Waals surface area contributed by atoms with Crippen LogP contribution in [0, 0.1) is 0 Å². The van der Waals surface area contributed by atoms with Crippen LogP contribution in [0.25, 0.3) is 0 Å². The van der Waals surface area contributed by atoms with Crippen LogP contribution >= 0.6 is 0 Å². The summed E-state index contributed by atoms with van der Waals surface area (Å²) >= 11 is 0. The maximum Gasteiger partial charge on any atom is 0.336 e. The van der Waals surface area contributed by atoms with Gasteiger partial charge < -0.3 is 38.6 Å². The third-order valence-corrected chi connectivity index (χ3v) is 5.82. The number of ether oxygens (including phenoxy) is 6. The van der Waals surface area contributed by atoms with Crippen molar-refractivity contribution in [1.82, 2.24) is 0 Å². The number of hydrogen-bond donors (Lipinski definition) is 2. The lowest BCUT2D eigenvalue weighted by Gasteiger charge is -2.29. The molecule has 2 N–H and O–H groups in total. The standard InChI is InChI=1S/C28H46O10/c1-9-11-15-33-19(5)37-21(7)35-17(3)25-23(27(29)30)13-14-24(28(31)32)26(25)18(4)36-22(8)38-20(6)34-16-12-10-2/h13-14,17-22H,9-12,15-16H2,1-8H3,(H,29,30)(H,31,32). The summed E-state index contributed by atoms with van der Waals surface area (Å²) in [6.07, 6.45) is -0.487. The van der Waals surface area contributed by atoms with E-state index >= 15 is 0 Å². The molecule has 0 saturated carbocycles. The summed E-state index contributed by atoms with van der Waals surface area (Å²) in [7, 11) is 0. The average Bonchev–Trinajstić information content (AvgIpc) is 2.82. The van der Waals surface area contributed by atoms with Crippen LogP contribution in [0.2, 0.25) is 0 Å². The summed E-state index contributed by atoms with van der Waals surface area (Å²) in [6, 6.07) is 2.53. The van der Waals surface area contributed by atoms with E-state index in [1.54, 1.807) is 41.5 Å². The number of aromatic carboxylic acids is 2. The van der Waals surface area contributed by atoms with Gasteiger partial charge in [0.1, 0.15) is 0 Å². The maximum atomic E-state index is 12.1. The fraction of sp³-hybridized carbons (Fsp3) is 0.714. The molecule has 1 aromatic rings. The number of carboxylic acid groups (broad SMARTS) is 2. The summed E-state index contributed by atoms with van der Waals surface area (Å²) in [6.45, 7) is 15.4. The Kier molecular flexibility index (Phi) is 15.6. The van der Waals surface area contributed by atoms with E-state index in [1.807, 2.05) is 0 Å². The highest BCUT2D eigenvalue weighted by Crippen LogP contribution is 2.35. The molecule has 0 fully saturated rings. The van der Waals surface area contributed by atoms with Crippen LogP contribution in [0.4, 0.5) is 0 Å². The highest BCUT2D eigenvalue weighted by molar-refractivity contribution is 5.95. The third-order valence-electron chi connectivity index (χ3n) is 5.82. The van der Waals surface area contributed by atoms with Gasteiger partial charge in [0.2, 0.25) is 0 Å². The molecule has 6 unspecified atom stereocenters. The van der Waals surface area contributed by atoms with E-state index in [-0.39, 0.29) is 22.3 Å². The molecule has 0 aliphatic carbocycles. The second kappa shape index (κ2) is 17.5. The van der Waals surface area contributed by atoms with E-state index in [9.17, 15) is 19.8 Å². The molecule has 10 nitrogen and oxygen atoms in total. The van der Waals surface area contributed by atoms with Crippen molar-refractivity contribution in [2.75, 3.05) is 13.2 Å². The molecule has 0 bridgehead atoms. The molecule has 0 amide bonds. The average molecular weight is 543 g/mol. The van der Waals surface area contributed by atoms with Crippen LogP contribution < -0.4 is 0 Å². The first kappa shape index (κ1) is 33.9. The van der Waals surface area contributed by atoms with Crippen LogP contribution in [-0.2, 0) is 28.4 Å². The zero-order valence-corrected chi connectivity index (χ0v) is 24.0. The third kappa shape index (κ3) is 11.3. The quantitative estimate of drug-likeness (QED) is 0.143. The van der Waals surface area contributed by atoms with E-state index in [0.717, 1.165) is 25.7 Å². The van der Waals surface area contributed by atoms with Gasteiger partial charge in [-0.25, -0.2) is 9.59 Å². The predicted octanol–water partition coefficient (Wildman–Crippen LogP) is 6.29. The Morgan fingerprint density at radius 2 is 0.974 bits per heavy atom. The molecule has 0 aromatic heterocycles. The van der Waals surface area contributed by atoms with Gasteiger partial charge in [-0.1, -0.05) is 26.7 Å². The van der Waals surface area contributed by atoms with E-state index in [4.69, 9.17) is 28.4 Å². The summed E-state index contributed by atoms with van der Waals surface area (Å²) in [5, 5.41) is 19.8. The molecule has 0 saturated heterocycles. The van der Waals surface area contributed by atoms with Gasteiger partial charge in [0.25, 0.3) is 0 Å². The van der Waals surface area contributed by atoms with Gasteiger partial charge in [-0.15, -0.1) is 0 Å². The van der Waals surface area contributed by atoms with Crippen molar-refractivity contribution in [3.05, 3.63) is 34.4 Å². The highest BCUT2D eigenvalue weighted by atomic mass is 16.8. The number of carboxylic acids is 2. The topological polar surface area (TPSA) is 130 Å². The maximum absolute atomic E-state index is 12.1. The summed E-state index contributed by atoms with van der Waals surface area (Å²) in [5.41, 5.74) is 0.216. The number of hydrogen-bond acceptors (Lipinski definition) is 8. The van der Waals surface area contributed by atoms with Crippen molar-refractivity contribution in [3.8, 4) is 0 Å². The van der Waals surface area contributed by atoms with E-state index in [1.165, 1.54) is 12.1 Å². The largest absolute Gasteiger partial charge is 0.478 e. The molecule has 0 radical (unpaired) electrons. The number of rotatable bonds is 20. The minimum Gasteiger partial charge on any atom is -0.478 e. The van der Waals surface area contributed by atoms with Crippen molar-refractivity contribution in [2.45, 2.75) is 118 Å². The molecule has 6 atom stereocenters. The Morgan fingerprint density at radius 3 is 1.26 bits per heavy atom. The Morgan fingerprint density at radius 1 is 0.632 bits per heavy atom. The van der Waals surface area contributed by atoms with Gasteiger partial charge in [-0.3, -0.25) is 0 Å². The number of benzene rings is 1. The van der Waals surface area contributed by atoms with Crippen molar-refractivity contribution in [1.29, 1.82) is 0 Å². The monoisotopic (exact) mass is 542 g/mol. The fourth-order valence-electron chi connectivity index (χ4n) is 4.07. The summed E-state index contributed by atoms with van der Waals surface area (Å²) < 4.78 is 34.7. The lowest BCUT2D eigenvalue weighted by atomic mass is 9.89. The lowest BCUT2D eigenvalue weighted by Crippen LogP contribution is -2.27. The smallest absolute Gasteiger partial charge is 0.336 e. The second-order valence-corrected chi connectivity index (χ2v) is 9.15. The van der Waals surface area contributed by atoms with Crippen molar-refractivity contribution < 1.29 is 48.2 Å². The van der Waals surface area contributed by atoms with E-state index in [2.05, 4.69) is 13.8 Å². The SMILES string of the molecule is CCCCOC(C)OC(C)OC(C)c1c(C(=O)O)ccc(C(=O)O)c1C(C)OC(C)OC(C)OCCCC.